The number of carbonyl (C=O) groups is 2. The van der Waals surface area contributed by atoms with Gasteiger partial charge in [0.25, 0.3) is 5.91 Å². The van der Waals surface area contributed by atoms with Crippen molar-refractivity contribution in [2.24, 2.45) is 0 Å². The van der Waals surface area contributed by atoms with E-state index in [-0.39, 0.29) is 12.3 Å². The number of rotatable bonds is 11. The van der Waals surface area contributed by atoms with Gasteiger partial charge in [-0.1, -0.05) is 60.7 Å². The molecule has 36 heavy (non-hydrogen) atoms. The number of aliphatic carboxylic acids is 1. The fraction of sp³-hybridized carbons (Fsp3) is 0.167. The number of hydrogen-bond acceptors (Lipinski definition) is 4. The summed E-state index contributed by atoms with van der Waals surface area (Å²) in [6.07, 6.45) is 2.35. The molecule has 1 heterocycles. The molecule has 0 aliphatic rings. The van der Waals surface area contributed by atoms with Crippen LogP contribution in [0.15, 0.2) is 97.1 Å². The van der Waals surface area contributed by atoms with Gasteiger partial charge >= 0.3 is 5.97 Å². The molecular formula is C30H28N2O4. The van der Waals surface area contributed by atoms with E-state index in [9.17, 15) is 9.59 Å². The number of carboxylic acid groups (broad SMARTS) is 1. The third kappa shape index (κ3) is 7.03. The van der Waals surface area contributed by atoms with E-state index in [1.54, 1.807) is 12.1 Å². The van der Waals surface area contributed by atoms with Crippen molar-refractivity contribution in [1.82, 2.24) is 4.98 Å². The average Bonchev–Trinajstić information content (AvgIpc) is 2.92. The zero-order valence-electron chi connectivity index (χ0n) is 19.9. The van der Waals surface area contributed by atoms with Crippen molar-refractivity contribution in [2.45, 2.75) is 25.7 Å². The molecular weight excluding hydrogens is 452 g/mol. The normalized spacial score (nSPS) is 10.6. The Labute approximate surface area is 210 Å². The molecule has 3 aromatic carbocycles. The lowest BCUT2D eigenvalue weighted by Crippen LogP contribution is -2.11. The molecule has 2 N–H and O–H groups in total. The van der Waals surface area contributed by atoms with Crippen LogP contribution in [0.1, 0.15) is 36.0 Å². The first-order chi connectivity index (χ1) is 17.6. The van der Waals surface area contributed by atoms with E-state index in [1.165, 1.54) is 0 Å². The highest BCUT2D eigenvalue weighted by Gasteiger charge is 2.10. The Balaban J connectivity index is 1.50. The number of amides is 1. The van der Waals surface area contributed by atoms with Crippen molar-refractivity contribution in [2.75, 3.05) is 11.9 Å². The summed E-state index contributed by atoms with van der Waals surface area (Å²) in [5.74, 6) is -0.410. The van der Waals surface area contributed by atoms with Crippen LogP contribution < -0.4 is 10.1 Å². The second-order valence-corrected chi connectivity index (χ2v) is 8.40. The van der Waals surface area contributed by atoms with Crippen LogP contribution in [0.25, 0.3) is 22.4 Å². The number of aromatic nitrogens is 1. The Bertz CT molecular complexity index is 1290. The van der Waals surface area contributed by atoms with Gasteiger partial charge in [0.2, 0.25) is 5.88 Å². The largest absolute Gasteiger partial charge is 0.481 e. The topological polar surface area (TPSA) is 88.5 Å². The molecule has 0 unspecified atom stereocenters. The molecule has 1 aromatic heterocycles. The Kier molecular flexibility index (Phi) is 8.44. The minimum atomic E-state index is -0.775. The van der Waals surface area contributed by atoms with Crippen LogP contribution in [-0.2, 0) is 4.79 Å². The summed E-state index contributed by atoms with van der Waals surface area (Å²) in [7, 11) is 0. The van der Waals surface area contributed by atoms with Crippen LogP contribution in [0.5, 0.6) is 5.88 Å². The number of anilines is 1. The summed E-state index contributed by atoms with van der Waals surface area (Å²) in [6.45, 7) is 0.467. The Morgan fingerprint density at radius 2 is 1.44 bits per heavy atom. The SMILES string of the molecule is O=C(O)CCCCCOc1cc(-c2ccc(NC(=O)c3ccccc3)cc2)cc(-c2ccccc2)n1. The van der Waals surface area contributed by atoms with Gasteiger partial charge in [0.1, 0.15) is 0 Å². The Morgan fingerprint density at radius 3 is 2.14 bits per heavy atom. The number of hydrogen-bond donors (Lipinski definition) is 2. The zero-order valence-corrected chi connectivity index (χ0v) is 19.9. The van der Waals surface area contributed by atoms with Gasteiger partial charge < -0.3 is 15.2 Å². The first-order valence-corrected chi connectivity index (χ1v) is 12.0. The molecule has 0 saturated carbocycles. The molecule has 0 bridgehead atoms. The van der Waals surface area contributed by atoms with E-state index >= 15 is 0 Å². The van der Waals surface area contributed by atoms with Crippen LogP contribution >= 0.6 is 0 Å². The van der Waals surface area contributed by atoms with Gasteiger partial charge in [-0.05, 0) is 60.7 Å². The predicted molar refractivity (Wildman–Crippen MR) is 141 cm³/mol. The molecule has 0 radical (unpaired) electrons. The van der Waals surface area contributed by atoms with E-state index in [2.05, 4.69) is 5.32 Å². The minimum absolute atomic E-state index is 0.155. The van der Waals surface area contributed by atoms with E-state index in [0.717, 1.165) is 35.2 Å². The minimum Gasteiger partial charge on any atom is -0.481 e. The van der Waals surface area contributed by atoms with Crippen molar-refractivity contribution in [1.29, 1.82) is 0 Å². The first kappa shape index (κ1) is 24.7. The number of carbonyl (C=O) groups excluding carboxylic acids is 1. The number of unbranched alkanes of at least 4 members (excludes halogenated alkanes) is 2. The fourth-order valence-corrected chi connectivity index (χ4v) is 3.77. The van der Waals surface area contributed by atoms with Gasteiger partial charge in [0, 0.05) is 29.3 Å². The lowest BCUT2D eigenvalue weighted by molar-refractivity contribution is -0.137. The van der Waals surface area contributed by atoms with Gasteiger partial charge in [0.05, 0.1) is 12.3 Å². The Hall–Kier alpha value is -4.45. The molecule has 0 atom stereocenters. The molecule has 0 aliphatic carbocycles. The number of benzene rings is 3. The highest BCUT2D eigenvalue weighted by molar-refractivity contribution is 6.04. The van der Waals surface area contributed by atoms with E-state index in [4.69, 9.17) is 14.8 Å². The molecule has 1 amide bonds. The van der Waals surface area contributed by atoms with Gasteiger partial charge in [0.15, 0.2) is 0 Å². The van der Waals surface area contributed by atoms with Crippen LogP contribution in [0.2, 0.25) is 0 Å². The summed E-state index contributed by atoms with van der Waals surface area (Å²) in [5, 5.41) is 11.7. The molecule has 0 saturated heterocycles. The number of pyridine rings is 1. The highest BCUT2D eigenvalue weighted by Crippen LogP contribution is 2.29. The maximum atomic E-state index is 12.4. The molecule has 4 aromatic rings. The number of ether oxygens (including phenoxy) is 1. The average molecular weight is 481 g/mol. The molecule has 6 nitrogen and oxygen atoms in total. The van der Waals surface area contributed by atoms with Gasteiger partial charge in [-0.3, -0.25) is 9.59 Å². The fourth-order valence-electron chi connectivity index (χ4n) is 3.77. The lowest BCUT2D eigenvalue weighted by Gasteiger charge is -2.12. The van der Waals surface area contributed by atoms with Gasteiger partial charge in [-0.2, -0.15) is 0 Å². The third-order valence-corrected chi connectivity index (χ3v) is 5.67. The zero-order chi connectivity index (χ0) is 25.2. The second kappa shape index (κ2) is 12.3. The van der Waals surface area contributed by atoms with Crippen LogP contribution in [0.3, 0.4) is 0 Å². The lowest BCUT2D eigenvalue weighted by atomic mass is 10.0. The van der Waals surface area contributed by atoms with Crippen LogP contribution in [-0.4, -0.2) is 28.6 Å². The Morgan fingerprint density at radius 1 is 0.750 bits per heavy atom. The number of carboxylic acids is 1. The predicted octanol–water partition coefficient (Wildman–Crippen LogP) is 6.69. The summed E-state index contributed by atoms with van der Waals surface area (Å²) in [5.41, 5.74) is 5.02. The summed E-state index contributed by atoms with van der Waals surface area (Å²) >= 11 is 0. The maximum absolute atomic E-state index is 12.4. The van der Waals surface area contributed by atoms with Crippen molar-refractivity contribution in [3.8, 4) is 28.3 Å². The van der Waals surface area contributed by atoms with Crippen molar-refractivity contribution in [3.05, 3.63) is 103 Å². The second-order valence-electron chi connectivity index (χ2n) is 8.40. The van der Waals surface area contributed by atoms with E-state index in [1.807, 2.05) is 84.9 Å². The van der Waals surface area contributed by atoms with Crippen LogP contribution in [0, 0.1) is 0 Å². The summed E-state index contributed by atoms with van der Waals surface area (Å²) < 4.78 is 5.95. The van der Waals surface area contributed by atoms with Crippen molar-refractivity contribution >= 4 is 17.6 Å². The highest BCUT2D eigenvalue weighted by atomic mass is 16.5. The summed E-state index contributed by atoms with van der Waals surface area (Å²) in [6, 6.07) is 30.6. The first-order valence-electron chi connectivity index (χ1n) is 12.0. The van der Waals surface area contributed by atoms with Crippen molar-refractivity contribution < 1.29 is 19.4 Å². The van der Waals surface area contributed by atoms with Crippen LogP contribution in [0.4, 0.5) is 5.69 Å². The third-order valence-electron chi connectivity index (χ3n) is 5.67. The molecule has 0 fully saturated rings. The van der Waals surface area contributed by atoms with Gasteiger partial charge in [-0.25, -0.2) is 4.98 Å². The van der Waals surface area contributed by atoms with E-state index < -0.39 is 5.97 Å². The van der Waals surface area contributed by atoms with Gasteiger partial charge in [-0.15, -0.1) is 0 Å². The monoisotopic (exact) mass is 480 g/mol. The van der Waals surface area contributed by atoms with E-state index in [0.29, 0.717) is 30.2 Å². The molecule has 6 heteroatoms. The van der Waals surface area contributed by atoms with Crippen molar-refractivity contribution in [3.63, 3.8) is 0 Å². The molecule has 4 rings (SSSR count). The standard InChI is InChI=1S/C30H28N2O4/c33-29(34)14-8-3-9-19-36-28-21-25(20-27(32-28)23-10-4-1-5-11-23)22-15-17-26(18-16-22)31-30(35)24-12-6-2-7-13-24/h1-2,4-7,10-13,15-18,20-21H,3,8-9,14,19H2,(H,31,35)(H,33,34). The molecule has 182 valence electrons. The summed E-state index contributed by atoms with van der Waals surface area (Å²) in [4.78, 5) is 27.8. The smallest absolute Gasteiger partial charge is 0.303 e. The molecule has 0 aliphatic heterocycles. The maximum Gasteiger partial charge on any atom is 0.303 e. The number of nitrogens with zero attached hydrogens (tertiary/aromatic N) is 1. The quantitative estimate of drug-likeness (QED) is 0.233. The number of nitrogens with one attached hydrogen (secondary N) is 1. The molecule has 0 spiro atoms.